The average Bonchev–Trinajstić information content (AvgIpc) is 2.43. The highest BCUT2D eigenvalue weighted by atomic mass is 79.9. The number of hydrogen-bond acceptors (Lipinski definition) is 2. The first-order valence-electron chi connectivity index (χ1n) is 7.51. The average molecular weight is 333 g/mol. The van der Waals surface area contributed by atoms with Gasteiger partial charge in [-0.1, -0.05) is 40.5 Å². The van der Waals surface area contributed by atoms with E-state index >= 15 is 0 Å². The van der Waals surface area contributed by atoms with Crippen LogP contribution in [0.1, 0.15) is 31.2 Å². The van der Waals surface area contributed by atoms with Crippen molar-refractivity contribution in [1.29, 1.82) is 0 Å². The number of nitrogens with zero attached hydrogens (tertiary/aromatic N) is 2. The molecule has 0 saturated heterocycles. The summed E-state index contributed by atoms with van der Waals surface area (Å²) < 4.78 is 0. The van der Waals surface area contributed by atoms with E-state index in [0.29, 0.717) is 0 Å². The van der Waals surface area contributed by atoms with Crippen LogP contribution < -0.4 is 0 Å². The molecule has 1 aliphatic rings. The van der Waals surface area contributed by atoms with Gasteiger partial charge >= 0.3 is 0 Å². The Morgan fingerprint density at radius 3 is 2.80 bits per heavy atom. The minimum Gasteiger partial charge on any atom is -0.296 e. The second-order valence-corrected chi connectivity index (χ2v) is 6.38. The van der Waals surface area contributed by atoms with Crippen molar-refractivity contribution in [3.05, 3.63) is 42.1 Å². The minimum absolute atomic E-state index is 0.793. The van der Waals surface area contributed by atoms with E-state index in [9.17, 15) is 0 Å². The van der Waals surface area contributed by atoms with Gasteiger partial charge in [-0.25, -0.2) is 0 Å². The summed E-state index contributed by atoms with van der Waals surface area (Å²) in [4.78, 5) is 7.12. The van der Waals surface area contributed by atoms with Crippen molar-refractivity contribution in [1.82, 2.24) is 9.88 Å². The Kier molecular flexibility index (Phi) is 4.69. The Labute approximate surface area is 129 Å². The third-order valence-corrected chi connectivity index (χ3v) is 4.84. The van der Waals surface area contributed by atoms with Gasteiger partial charge in [0.05, 0.1) is 5.52 Å². The Balaban J connectivity index is 1.82. The van der Waals surface area contributed by atoms with E-state index in [0.717, 1.165) is 23.4 Å². The zero-order chi connectivity index (χ0) is 13.8. The van der Waals surface area contributed by atoms with Gasteiger partial charge in [-0.15, -0.1) is 0 Å². The standard InChI is InChI=1S/C17H21BrN2/c18-10-4-12-20(15-5-3-6-15)13-14-9-11-19-17-8-2-1-7-16(14)17/h1-2,7-9,11,15H,3-6,10,12-13H2. The van der Waals surface area contributed by atoms with Gasteiger partial charge in [0.25, 0.3) is 0 Å². The molecule has 1 aromatic carbocycles. The molecule has 0 bridgehead atoms. The highest BCUT2D eigenvalue weighted by Gasteiger charge is 2.24. The van der Waals surface area contributed by atoms with Crippen molar-refractivity contribution in [3.63, 3.8) is 0 Å². The van der Waals surface area contributed by atoms with E-state index in [2.05, 4.69) is 56.1 Å². The fourth-order valence-corrected chi connectivity index (χ4v) is 3.17. The van der Waals surface area contributed by atoms with E-state index in [4.69, 9.17) is 0 Å². The fourth-order valence-electron chi connectivity index (χ4n) is 2.92. The van der Waals surface area contributed by atoms with Crippen molar-refractivity contribution in [2.24, 2.45) is 0 Å². The molecule has 1 aromatic heterocycles. The number of para-hydroxylation sites is 1. The summed E-state index contributed by atoms with van der Waals surface area (Å²) in [6.45, 7) is 2.24. The van der Waals surface area contributed by atoms with Crippen molar-refractivity contribution in [3.8, 4) is 0 Å². The molecule has 3 rings (SSSR count). The zero-order valence-corrected chi connectivity index (χ0v) is 13.3. The SMILES string of the molecule is BrCCCN(Cc1ccnc2ccccc12)C1CCC1. The predicted molar refractivity (Wildman–Crippen MR) is 88.2 cm³/mol. The molecule has 3 heteroatoms. The quantitative estimate of drug-likeness (QED) is 0.730. The van der Waals surface area contributed by atoms with Crippen LogP contribution in [0.4, 0.5) is 0 Å². The summed E-state index contributed by atoms with van der Waals surface area (Å²) >= 11 is 3.56. The summed E-state index contributed by atoms with van der Waals surface area (Å²) in [5.74, 6) is 0. The van der Waals surface area contributed by atoms with Gasteiger partial charge in [0.15, 0.2) is 0 Å². The van der Waals surface area contributed by atoms with Crippen LogP contribution in [0, 0.1) is 0 Å². The molecule has 0 N–H and O–H groups in total. The maximum Gasteiger partial charge on any atom is 0.0705 e. The van der Waals surface area contributed by atoms with Gasteiger partial charge in [0.1, 0.15) is 0 Å². The molecule has 2 nitrogen and oxygen atoms in total. The van der Waals surface area contributed by atoms with E-state index in [1.54, 1.807) is 0 Å². The Hall–Kier alpha value is -0.930. The predicted octanol–water partition coefficient (Wildman–Crippen LogP) is 4.37. The van der Waals surface area contributed by atoms with Crippen LogP contribution in [0.25, 0.3) is 10.9 Å². The van der Waals surface area contributed by atoms with E-state index in [-0.39, 0.29) is 0 Å². The van der Waals surface area contributed by atoms with Gasteiger partial charge in [-0.05, 0) is 43.5 Å². The summed E-state index contributed by atoms with van der Waals surface area (Å²) in [5.41, 5.74) is 2.52. The second kappa shape index (κ2) is 6.68. The number of halogens is 1. The van der Waals surface area contributed by atoms with Crippen LogP contribution in [0.15, 0.2) is 36.5 Å². The molecular formula is C17H21BrN2. The first-order chi connectivity index (χ1) is 9.88. The number of aromatic nitrogens is 1. The maximum atomic E-state index is 4.46. The summed E-state index contributed by atoms with van der Waals surface area (Å²) in [6.07, 6.45) is 7.30. The molecule has 0 atom stereocenters. The van der Waals surface area contributed by atoms with Crippen molar-refractivity contribution >= 4 is 26.8 Å². The summed E-state index contributed by atoms with van der Waals surface area (Å²) in [7, 11) is 0. The van der Waals surface area contributed by atoms with Crippen LogP contribution in [0.5, 0.6) is 0 Å². The number of benzene rings is 1. The first kappa shape index (κ1) is 14.0. The summed E-state index contributed by atoms with van der Waals surface area (Å²) in [5, 5.41) is 2.39. The lowest BCUT2D eigenvalue weighted by molar-refractivity contribution is 0.120. The van der Waals surface area contributed by atoms with Crippen molar-refractivity contribution < 1.29 is 0 Å². The Bertz CT molecular complexity index is 560. The van der Waals surface area contributed by atoms with Crippen LogP contribution in [-0.2, 0) is 6.54 Å². The number of hydrogen-bond donors (Lipinski definition) is 0. The molecule has 0 radical (unpaired) electrons. The van der Waals surface area contributed by atoms with Crippen molar-refractivity contribution in [2.45, 2.75) is 38.3 Å². The molecule has 0 unspecified atom stereocenters. The van der Waals surface area contributed by atoms with E-state index in [1.807, 2.05) is 6.20 Å². The highest BCUT2D eigenvalue weighted by Crippen LogP contribution is 2.28. The van der Waals surface area contributed by atoms with Crippen LogP contribution in [-0.4, -0.2) is 27.8 Å². The topological polar surface area (TPSA) is 16.1 Å². The molecule has 0 aliphatic heterocycles. The number of fused-ring (bicyclic) bond motifs is 1. The Morgan fingerprint density at radius 1 is 1.20 bits per heavy atom. The second-order valence-electron chi connectivity index (χ2n) is 5.58. The first-order valence-corrected chi connectivity index (χ1v) is 8.63. The van der Waals surface area contributed by atoms with E-state index < -0.39 is 0 Å². The molecule has 1 saturated carbocycles. The number of rotatable bonds is 6. The minimum atomic E-state index is 0.793. The monoisotopic (exact) mass is 332 g/mol. The van der Waals surface area contributed by atoms with Crippen LogP contribution in [0.2, 0.25) is 0 Å². The van der Waals surface area contributed by atoms with Gasteiger partial charge in [-0.3, -0.25) is 9.88 Å². The normalized spacial score (nSPS) is 15.7. The van der Waals surface area contributed by atoms with Gasteiger partial charge < -0.3 is 0 Å². The zero-order valence-electron chi connectivity index (χ0n) is 11.8. The molecule has 1 aliphatic carbocycles. The molecule has 2 aromatic rings. The molecule has 1 fully saturated rings. The largest absolute Gasteiger partial charge is 0.296 e. The maximum absolute atomic E-state index is 4.46. The lowest BCUT2D eigenvalue weighted by Gasteiger charge is -2.37. The molecule has 20 heavy (non-hydrogen) atoms. The van der Waals surface area contributed by atoms with Crippen LogP contribution >= 0.6 is 15.9 Å². The molecule has 106 valence electrons. The highest BCUT2D eigenvalue weighted by molar-refractivity contribution is 9.09. The lowest BCUT2D eigenvalue weighted by atomic mass is 9.91. The van der Waals surface area contributed by atoms with Crippen molar-refractivity contribution in [2.75, 3.05) is 11.9 Å². The molecule has 0 spiro atoms. The molecular weight excluding hydrogens is 312 g/mol. The Morgan fingerprint density at radius 2 is 2.05 bits per heavy atom. The molecule has 0 amide bonds. The molecule has 1 heterocycles. The lowest BCUT2D eigenvalue weighted by Crippen LogP contribution is -2.40. The third kappa shape index (κ3) is 3.04. The summed E-state index contributed by atoms with van der Waals surface area (Å²) in [6, 6.07) is 11.4. The van der Waals surface area contributed by atoms with Gasteiger partial charge in [-0.2, -0.15) is 0 Å². The van der Waals surface area contributed by atoms with E-state index in [1.165, 1.54) is 43.2 Å². The number of pyridine rings is 1. The van der Waals surface area contributed by atoms with Gasteiger partial charge in [0.2, 0.25) is 0 Å². The number of alkyl halides is 1. The van der Waals surface area contributed by atoms with Gasteiger partial charge in [0, 0.05) is 29.5 Å². The third-order valence-electron chi connectivity index (χ3n) is 4.28. The smallest absolute Gasteiger partial charge is 0.0705 e. The fraction of sp³-hybridized carbons (Fsp3) is 0.471. The van der Waals surface area contributed by atoms with Crippen LogP contribution in [0.3, 0.4) is 0 Å².